The SMILES string of the molecule is N#C[B-](F)(F)c1ccccc1.[K+]. The molecule has 0 aromatic heterocycles. The molecule has 0 saturated heterocycles. The maximum Gasteiger partial charge on any atom is 1.00 e. The molecule has 5 heteroatoms. The van der Waals surface area contributed by atoms with Gasteiger partial charge in [0.1, 0.15) is 0 Å². The molecule has 0 aliphatic rings. The van der Waals surface area contributed by atoms with Crippen molar-refractivity contribution < 1.29 is 60.0 Å². The van der Waals surface area contributed by atoms with Gasteiger partial charge in [-0.2, -0.15) is 0 Å². The topological polar surface area (TPSA) is 23.8 Å². The Labute approximate surface area is 112 Å². The van der Waals surface area contributed by atoms with Gasteiger partial charge in [-0.3, -0.25) is 0 Å². The van der Waals surface area contributed by atoms with Gasteiger partial charge in [0.2, 0.25) is 0 Å². The number of rotatable bonds is 1. The van der Waals surface area contributed by atoms with Crippen molar-refractivity contribution in [2.45, 2.75) is 0 Å². The van der Waals surface area contributed by atoms with E-state index in [-0.39, 0.29) is 56.8 Å². The molecule has 0 aliphatic carbocycles. The van der Waals surface area contributed by atoms with Gasteiger partial charge in [-0.15, -0.1) is 5.46 Å². The quantitative estimate of drug-likeness (QED) is 0.487. The van der Waals surface area contributed by atoms with E-state index in [0.717, 1.165) is 5.97 Å². The standard InChI is InChI=1S/C7H5BF2N.K/c9-8(10,6-11)7-4-2-1-3-5-7;/h1-5H;/q-1;+1. The molecule has 1 nitrogen and oxygen atoms in total. The number of benzene rings is 1. The van der Waals surface area contributed by atoms with E-state index in [4.69, 9.17) is 5.26 Å². The minimum absolute atomic E-state index is 0. The second-order valence-electron chi connectivity index (χ2n) is 2.20. The van der Waals surface area contributed by atoms with E-state index < -0.39 is 6.70 Å². The summed E-state index contributed by atoms with van der Waals surface area (Å²) >= 11 is 0. The summed E-state index contributed by atoms with van der Waals surface area (Å²) in [7, 11) is 0. The second-order valence-corrected chi connectivity index (χ2v) is 2.20. The monoisotopic (exact) mass is 191 g/mol. The number of hydrogen-bond acceptors (Lipinski definition) is 1. The van der Waals surface area contributed by atoms with Crippen LogP contribution in [0.2, 0.25) is 0 Å². The van der Waals surface area contributed by atoms with Gasteiger partial charge >= 0.3 is 58.1 Å². The average molecular weight is 191 g/mol. The molecule has 0 amide bonds. The molecule has 0 fully saturated rings. The van der Waals surface area contributed by atoms with Gasteiger partial charge in [0.15, 0.2) is 0 Å². The fourth-order valence-corrected chi connectivity index (χ4v) is 0.769. The minimum atomic E-state index is -3.98. The zero-order valence-corrected chi connectivity index (χ0v) is 9.79. The van der Waals surface area contributed by atoms with Crippen molar-refractivity contribution in [3.8, 4) is 5.97 Å². The predicted octanol–water partition coefficient (Wildman–Crippen LogP) is -1.66. The Morgan fingerprint density at radius 1 is 1.17 bits per heavy atom. The third-order valence-corrected chi connectivity index (χ3v) is 1.38. The summed E-state index contributed by atoms with van der Waals surface area (Å²) in [5, 5.41) is 8.08. The maximum absolute atomic E-state index is 12.6. The van der Waals surface area contributed by atoms with Crippen LogP contribution in [0.25, 0.3) is 0 Å². The van der Waals surface area contributed by atoms with Crippen LogP contribution in [0.4, 0.5) is 8.63 Å². The Balaban J connectivity index is 0.00000121. The zero-order valence-electron chi connectivity index (χ0n) is 6.67. The first-order valence-corrected chi connectivity index (χ1v) is 3.15. The predicted molar refractivity (Wildman–Crippen MR) is 39.7 cm³/mol. The summed E-state index contributed by atoms with van der Waals surface area (Å²) in [5.41, 5.74) is -0.199. The Kier molecular flexibility index (Phi) is 5.21. The first kappa shape index (κ1) is 12.3. The molecule has 0 spiro atoms. The Hall–Kier alpha value is 0.271. The molecule has 1 rings (SSSR count). The molecular formula is C7H5BF2KN. The van der Waals surface area contributed by atoms with Crippen molar-refractivity contribution in [2.24, 2.45) is 0 Å². The van der Waals surface area contributed by atoms with E-state index in [1.807, 2.05) is 0 Å². The van der Waals surface area contributed by atoms with Gasteiger partial charge in [0.25, 0.3) is 0 Å². The van der Waals surface area contributed by atoms with Crippen LogP contribution in [0.3, 0.4) is 0 Å². The minimum Gasteiger partial charge on any atom is -0.461 e. The number of hydrogen-bond donors (Lipinski definition) is 0. The molecule has 0 atom stereocenters. The van der Waals surface area contributed by atoms with E-state index in [9.17, 15) is 8.63 Å². The van der Waals surface area contributed by atoms with E-state index in [1.165, 1.54) is 24.3 Å². The maximum atomic E-state index is 12.6. The van der Waals surface area contributed by atoms with Gasteiger partial charge in [0, 0.05) is 0 Å². The summed E-state index contributed by atoms with van der Waals surface area (Å²) < 4.78 is 25.2. The van der Waals surface area contributed by atoms with Gasteiger partial charge < -0.3 is 8.63 Å². The van der Waals surface area contributed by atoms with Crippen molar-refractivity contribution in [1.29, 1.82) is 5.26 Å². The third-order valence-electron chi connectivity index (χ3n) is 1.38. The summed E-state index contributed by atoms with van der Waals surface area (Å²) in [6.07, 6.45) is 0. The van der Waals surface area contributed by atoms with Crippen molar-refractivity contribution in [2.75, 3.05) is 0 Å². The van der Waals surface area contributed by atoms with Crippen molar-refractivity contribution in [3.05, 3.63) is 30.3 Å². The zero-order chi connectivity index (χ0) is 8.32. The van der Waals surface area contributed by atoms with Crippen LogP contribution in [-0.4, -0.2) is 6.70 Å². The molecule has 1 aromatic carbocycles. The van der Waals surface area contributed by atoms with Crippen LogP contribution in [-0.2, 0) is 0 Å². The number of nitriles is 1. The Bertz CT molecular complexity index is 283. The molecule has 0 saturated carbocycles. The molecule has 0 radical (unpaired) electrons. The van der Waals surface area contributed by atoms with Gasteiger partial charge in [-0.1, -0.05) is 36.3 Å². The molecule has 1 aromatic rings. The van der Waals surface area contributed by atoms with E-state index in [1.54, 1.807) is 6.07 Å². The second kappa shape index (κ2) is 5.10. The van der Waals surface area contributed by atoms with Crippen LogP contribution in [0, 0.1) is 11.2 Å². The molecule has 0 unspecified atom stereocenters. The van der Waals surface area contributed by atoms with Crippen molar-refractivity contribution in [1.82, 2.24) is 0 Å². The largest absolute Gasteiger partial charge is 1.00 e. The van der Waals surface area contributed by atoms with Crippen LogP contribution in [0.1, 0.15) is 0 Å². The fraction of sp³-hybridized carbons (Fsp3) is 0. The first-order valence-electron chi connectivity index (χ1n) is 3.15. The first-order chi connectivity index (χ1) is 5.17. The third kappa shape index (κ3) is 2.96. The number of halogens is 2. The molecule has 56 valence electrons. The van der Waals surface area contributed by atoms with Gasteiger partial charge in [0.05, 0.1) is 0 Å². The molecule has 0 bridgehead atoms. The van der Waals surface area contributed by atoms with Gasteiger partial charge in [-0.05, 0) is 0 Å². The smallest absolute Gasteiger partial charge is 0.461 e. The molecular weight excluding hydrogens is 186 g/mol. The average Bonchev–Trinajstić information content (AvgIpc) is 2.06. The summed E-state index contributed by atoms with van der Waals surface area (Å²) in [5.74, 6) is 0.987. The van der Waals surface area contributed by atoms with Crippen LogP contribution in [0.15, 0.2) is 30.3 Å². The molecule has 0 heterocycles. The summed E-state index contributed by atoms with van der Waals surface area (Å²) in [6.45, 7) is -3.98. The fourth-order valence-electron chi connectivity index (χ4n) is 0.769. The molecule has 0 aliphatic heterocycles. The van der Waals surface area contributed by atoms with Crippen LogP contribution >= 0.6 is 0 Å². The van der Waals surface area contributed by atoms with E-state index in [2.05, 4.69) is 0 Å². The van der Waals surface area contributed by atoms with Gasteiger partial charge in [-0.25, -0.2) is 5.26 Å². The van der Waals surface area contributed by atoms with E-state index in [0.29, 0.717) is 0 Å². The molecule has 12 heavy (non-hydrogen) atoms. The summed E-state index contributed by atoms with van der Waals surface area (Å²) in [6, 6.07) is 7.12. The Morgan fingerprint density at radius 2 is 1.67 bits per heavy atom. The summed E-state index contributed by atoms with van der Waals surface area (Å²) in [4.78, 5) is 0. The van der Waals surface area contributed by atoms with Crippen molar-refractivity contribution >= 4 is 12.2 Å². The Morgan fingerprint density at radius 3 is 2.08 bits per heavy atom. The van der Waals surface area contributed by atoms with E-state index >= 15 is 0 Å². The normalized spacial score (nSPS) is 9.75. The van der Waals surface area contributed by atoms with Crippen LogP contribution < -0.4 is 56.8 Å². The van der Waals surface area contributed by atoms with Crippen LogP contribution in [0.5, 0.6) is 0 Å². The number of nitrogens with zero attached hydrogens (tertiary/aromatic N) is 1. The molecule has 0 N–H and O–H groups in total. The van der Waals surface area contributed by atoms with Crippen molar-refractivity contribution in [3.63, 3.8) is 0 Å².